The molecule has 0 atom stereocenters. The van der Waals surface area contributed by atoms with Crippen molar-refractivity contribution in [3.05, 3.63) is 23.0 Å². The summed E-state index contributed by atoms with van der Waals surface area (Å²) in [4.78, 5) is 20.6. The number of sulfonamides is 2. The van der Waals surface area contributed by atoms with Gasteiger partial charge in [0.25, 0.3) is 0 Å². The van der Waals surface area contributed by atoms with E-state index in [1.807, 2.05) is 0 Å². The Bertz CT molecular complexity index is 1200. The van der Waals surface area contributed by atoms with Crippen LogP contribution in [0.1, 0.15) is 284 Å². The van der Waals surface area contributed by atoms with Gasteiger partial charge in [0.15, 0.2) is 0 Å². The van der Waals surface area contributed by atoms with Crippen LogP contribution < -0.4 is 19.7 Å². The minimum Gasteiger partial charge on any atom is -0.550 e. The monoisotopic (exact) mass is 985 g/mol. The molecule has 0 spiro atoms. The number of allylic oxidation sites excluding steroid dienone is 2. The Morgan fingerprint density at radius 3 is 0.723 bits per heavy atom. The number of rotatable bonds is 50. The molecule has 0 aliphatic carbocycles. The fourth-order valence-corrected chi connectivity index (χ4v) is 9.50. The van der Waals surface area contributed by atoms with Gasteiger partial charge in [-0.15, -0.1) is 0 Å². The summed E-state index contributed by atoms with van der Waals surface area (Å²) in [6.07, 6.45) is 55.2. The summed E-state index contributed by atoms with van der Waals surface area (Å²) in [7, 11) is -7.05. The Kier molecular flexibility index (Phi) is 57.6. The van der Waals surface area contributed by atoms with Gasteiger partial charge in [0.05, 0.1) is 0 Å². The number of carboxylic acids is 2. The summed E-state index contributed by atoms with van der Waals surface area (Å²) in [6, 6.07) is 0. The predicted molar refractivity (Wildman–Crippen MR) is 273 cm³/mol. The number of hydrogen-bond acceptors (Lipinski definition) is 8. The van der Waals surface area contributed by atoms with Gasteiger partial charge in [-0.25, -0.2) is 26.3 Å². The zero-order valence-electron chi connectivity index (χ0n) is 42.2. The van der Waals surface area contributed by atoms with Crippen LogP contribution in [-0.2, 0) is 29.6 Å². The number of carboxylic acid groups (broad SMARTS) is 2. The maximum Gasteiger partial charge on any atom is 2.00 e. The van der Waals surface area contributed by atoms with E-state index in [9.17, 15) is 36.6 Å². The Balaban J connectivity index is -0.00000116. The molecule has 0 radical (unpaired) electrons. The van der Waals surface area contributed by atoms with Crippen LogP contribution in [0.15, 0.2) is 23.0 Å². The third-order valence-corrected chi connectivity index (χ3v) is 14.1. The van der Waals surface area contributed by atoms with Gasteiger partial charge in [0.2, 0.25) is 20.0 Å². The maximum atomic E-state index is 11.6. The van der Waals surface area contributed by atoms with E-state index < -0.39 is 32.0 Å². The van der Waals surface area contributed by atoms with Gasteiger partial charge in [-0.1, -0.05) is 257 Å². The molecule has 0 amide bonds. The molecule has 0 saturated heterocycles. The average molecular weight is 986 g/mol. The molecule has 0 unspecified atom stereocenters. The predicted octanol–water partition coefficient (Wildman–Crippen LogP) is 12.4. The summed E-state index contributed by atoms with van der Waals surface area (Å²) < 4.78 is 50.8. The van der Waals surface area contributed by atoms with E-state index in [4.69, 9.17) is 0 Å². The minimum absolute atomic E-state index is 0. The molecule has 0 aromatic carbocycles. The molecule has 65 heavy (non-hydrogen) atoms. The average Bonchev–Trinajstić information content (AvgIpc) is 3.24. The first-order valence-corrected chi connectivity index (χ1v) is 29.8. The third-order valence-electron chi connectivity index (χ3n) is 11.8. The molecule has 0 rings (SSSR count). The number of hydrogen-bond donors (Lipinski definition) is 2. The van der Waals surface area contributed by atoms with E-state index in [-0.39, 0.29) is 63.7 Å². The number of carbonyl (C=O) groups excluding carboxylic acids is 2. The largest absolute Gasteiger partial charge is 2.00 e. The Morgan fingerprint density at radius 1 is 0.354 bits per heavy atom. The number of aliphatic carboxylic acids is 2. The van der Waals surface area contributed by atoms with Crippen LogP contribution in [0.25, 0.3) is 0 Å². The number of nitrogens with one attached hydrogen (secondary N) is 2. The second kappa shape index (κ2) is 54.4. The molecule has 0 bridgehead atoms. The van der Waals surface area contributed by atoms with Crippen LogP contribution >= 0.6 is 0 Å². The standard InChI is InChI=1S/2C26H51NO4S.Ca/c2*1-2-3-4-5-6-7-8-9-10-11-12-13-14-15-16-17-18-19-20-21-22-25-32(30,31)27-24-23-26(28)29;/h2*22,25,27H,2-21,23-24H2,1H3,(H,28,29);/q;;+2/p-2/b2*25-22+;. The van der Waals surface area contributed by atoms with Gasteiger partial charge >= 0.3 is 37.7 Å². The molecule has 0 aromatic rings. The van der Waals surface area contributed by atoms with Crippen molar-refractivity contribution < 1.29 is 36.6 Å². The number of unbranched alkanes of at least 4 members (excludes halogenated alkanes) is 38. The maximum absolute atomic E-state index is 11.6. The van der Waals surface area contributed by atoms with Crippen molar-refractivity contribution in [1.82, 2.24) is 9.44 Å². The third kappa shape index (κ3) is 63.5. The molecule has 0 aromatic heterocycles. The van der Waals surface area contributed by atoms with E-state index in [0.717, 1.165) is 49.3 Å². The van der Waals surface area contributed by atoms with Gasteiger partial charge in [0, 0.05) is 48.7 Å². The van der Waals surface area contributed by atoms with Crippen LogP contribution in [0.2, 0.25) is 0 Å². The normalized spacial score (nSPS) is 11.8. The van der Waals surface area contributed by atoms with Crippen molar-refractivity contribution in [3.63, 3.8) is 0 Å². The first-order chi connectivity index (χ1) is 31.0. The van der Waals surface area contributed by atoms with Gasteiger partial charge in [-0.05, 0) is 25.7 Å². The molecule has 0 saturated carbocycles. The molecule has 13 heteroatoms. The summed E-state index contributed by atoms with van der Waals surface area (Å²) in [6.45, 7) is 4.29. The molecule has 0 aliphatic rings. The second-order valence-corrected chi connectivity index (χ2v) is 21.5. The van der Waals surface area contributed by atoms with E-state index >= 15 is 0 Å². The zero-order valence-corrected chi connectivity index (χ0v) is 46.1. The molecular formula is C52H100CaN2O8S2. The Hall–Kier alpha value is -0.500. The van der Waals surface area contributed by atoms with Crippen LogP contribution in [0.5, 0.6) is 0 Å². The van der Waals surface area contributed by atoms with Gasteiger partial charge < -0.3 is 19.8 Å². The summed E-state index contributed by atoms with van der Waals surface area (Å²) in [5.41, 5.74) is 0. The molecule has 0 fully saturated rings. The quantitative estimate of drug-likeness (QED) is 0.0448. The fourth-order valence-electron chi connectivity index (χ4n) is 7.76. The van der Waals surface area contributed by atoms with Crippen molar-refractivity contribution in [3.8, 4) is 0 Å². The van der Waals surface area contributed by atoms with E-state index in [2.05, 4.69) is 23.3 Å². The van der Waals surface area contributed by atoms with Gasteiger partial charge in [-0.3, -0.25) is 0 Å². The fraction of sp³-hybridized carbons (Fsp3) is 0.885. The summed E-state index contributed by atoms with van der Waals surface area (Å²) >= 11 is 0. The van der Waals surface area contributed by atoms with E-state index in [0.29, 0.717) is 0 Å². The van der Waals surface area contributed by atoms with Crippen molar-refractivity contribution in [2.45, 2.75) is 284 Å². The molecular weight excluding hydrogens is 885 g/mol. The van der Waals surface area contributed by atoms with Crippen LogP contribution in [-0.4, -0.2) is 79.6 Å². The topological polar surface area (TPSA) is 173 Å². The molecule has 0 aliphatic heterocycles. The van der Waals surface area contributed by atoms with Crippen molar-refractivity contribution in [2.75, 3.05) is 13.1 Å². The van der Waals surface area contributed by atoms with Crippen LogP contribution in [0.4, 0.5) is 0 Å². The first kappa shape index (κ1) is 68.8. The smallest absolute Gasteiger partial charge is 0.550 e. The molecule has 380 valence electrons. The van der Waals surface area contributed by atoms with Gasteiger partial charge in [-0.2, -0.15) is 0 Å². The molecule has 10 nitrogen and oxygen atoms in total. The summed E-state index contributed by atoms with van der Waals surface area (Å²) in [5.74, 6) is -2.52. The molecule has 0 heterocycles. The Labute approximate surface area is 432 Å². The van der Waals surface area contributed by atoms with Crippen molar-refractivity contribution in [2.24, 2.45) is 0 Å². The number of carbonyl (C=O) groups is 2. The van der Waals surface area contributed by atoms with Gasteiger partial charge in [0.1, 0.15) is 0 Å². The van der Waals surface area contributed by atoms with Crippen LogP contribution in [0.3, 0.4) is 0 Å². The first-order valence-electron chi connectivity index (χ1n) is 26.7. The zero-order chi connectivity index (χ0) is 47.5. The second-order valence-electron chi connectivity index (χ2n) is 18.2. The SMILES string of the molecule is CCCCCCCCCCCCCCCCCCCCC/C=C/S(=O)(=O)NCCC(=O)[O-].CCCCCCCCCCCCCCCCCCCCC/C=C/S(=O)(=O)NCCC(=O)[O-].[Ca+2]. The van der Waals surface area contributed by atoms with E-state index in [1.165, 1.54) is 218 Å². The van der Waals surface area contributed by atoms with Crippen molar-refractivity contribution in [1.29, 1.82) is 0 Å². The Morgan fingerprint density at radius 2 is 0.538 bits per heavy atom. The summed E-state index contributed by atoms with van der Waals surface area (Å²) in [5, 5.41) is 22.8. The minimum atomic E-state index is -3.52. The molecule has 2 N–H and O–H groups in total. The van der Waals surface area contributed by atoms with Crippen molar-refractivity contribution >= 4 is 69.7 Å². The van der Waals surface area contributed by atoms with E-state index in [1.54, 1.807) is 12.2 Å². The van der Waals surface area contributed by atoms with Crippen LogP contribution in [0, 0.1) is 0 Å².